The van der Waals surface area contributed by atoms with Gasteiger partial charge in [-0.3, -0.25) is 13.7 Å². The van der Waals surface area contributed by atoms with Gasteiger partial charge in [0.05, 0.1) is 24.8 Å². The van der Waals surface area contributed by atoms with Gasteiger partial charge in [-0.15, -0.1) is 0 Å². The van der Waals surface area contributed by atoms with Gasteiger partial charge in [-0.1, -0.05) is 11.8 Å². The lowest BCUT2D eigenvalue weighted by Gasteiger charge is -2.19. The van der Waals surface area contributed by atoms with Gasteiger partial charge in [0.15, 0.2) is 0 Å². The van der Waals surface area contributed by atoms with Crippen molar-refractivity contribution in [3.05, 3.63) is 45.0 Å². The van der Waals surface area contributed by atoms with Gasteiger partial charge in [0.2, 0.25) is 0 Å². The number of rotatable bonds is 9. The molecular weight excluding hydrogens is 593 g/mol. The maximum Gasteiger partial charge on any atom is 0.490 e. The Morgan fingerprint density at radius 3 is 2.41 bits per heavy atom. The zero-order valence-electron chi connectivity index (χ0n) is 19.3. The van der Waals surface area contributed by atoms with Crippen LogP contribution in [-0.2, 0) is 38.1 Å². The summed E-state index contributed by atoms with van der Waals surface area (Å²) in [5.41, 5.74) is 9.68. The van der Waals surface area contributed by atoms with Crippen LogP contribution in [0, 0.1) is 11.8 Å². The van der Waals surface area contributed by atoms with E-state index in [2.05, 4.69) is 35.0 Å². The van der Waals surface area contributed by atoms with E-state index in [0.717, 1.165) is 9.13 Å². The maximum absolute atomic E-state index is 12.4. The minimum atomic E-state index is -5.73. The summed E-state index contributed by atoms with van der Waals surface area (Å²) in [6.45, 7) is -1.04. The summed E-state index contributed by atoms with van der Waals surface area (Å²) in [6, 6.07) is 1.39. The van der Waals surface area contributed by atoms with Gasteiger partial charge < -0.3 is 40.9 Å². The third kappa shape index (κ3) is 8.88. The van der Waals surface area contributed by atoms with Gasteiger partial charge in [0, 0.05) is 18.8 Å². The summed E-state index contributed by atoms with van der Waals surface area (Å²) in [7, 11) is -16.8. The Morgan fingerprint density at radius 1 is 1.08 bits per heavy atom. The van der Waals surface area contributed by atoms with Crippen LogP contribution in [0.15, 0.2) is 28.0 Å². The molecule has 9 N–H and O–H groups in total. The highest BCUT2D eigenvalue weighted by atomic mass is 31.3. The average molecular weight is 614 g/mol. The number of aliphatic hydroxyl groups excluding tert-OH is 1. The quantitative estimate of drug-likeness (QED) is 0.119. The largest absolute Gasteiger partial charge is 0.490 e. The molecule has 39 heavy (non-hydrogen) atoms. The second-order valence-electron chi connectivity index (χ2n) is 7.61. The molecule has 214 valence electrons. The molecule has 0 spiro atoms. The van der Waals surface area contributed by atoms with Crippen molar-refractivity contribution in [2.75, 3.05) is 18.1 Å². The molecule has 0 aliphatic carbocycles. The zero-order valence-corrected chi connectivity index (χ0v) is 22.0. The molecule has 20 nitrogen and oxygen atoms in total. The minimum absolute atomic E-state index is 0.0313. The predicted octanol–water partition coefficient (Wildman–Crippen LogP) is -1.99. The molecule has 2 aromatic rings. The molecule has 0 aromatic carbocycles. The van der Waals surface area contributed by atoms with Crippen molar-refractivity contribution in [2.45, 2.75) is 31.4 Å². The summed E-state index contributed by atoms with van der Waals surface area (Å²) in [4.78, 5) is 67.2. The van der Waals surface area contributed by atoms with E-state index >= 15 is 0 Å². The Balaban J connectivity index is 1.69. The van der Waals surface area contributed by atoms with Crippen LogP contribution in [0.25, 0.3) is 0 Å². The molecule has 2 aromatic heterocycles. The third-order valence-electron chi connectivity index (χ3n) is 4.68. The van der Waals surface area contributed by atoms with Crippen LogP contribution in [0.1, 0.15) is 18.2 Å². The number of phosphoric acid groups is 3. The molecule has 1 saturated heterocycles. The number of hydrogen-bond donors (Lipinski definition) is 7. The van der Waals surface area contributed by atoms with Crippen molar-refractivity contribution in [2.24, 2.45) is 0 Å². The molecule has 5 atom stereocenters. The fourth-order valence-corrected chi connectivity index (χ4v) is 6.10. The van der Waals surface area contributed by atoms with Crippen LogP contribution in [0.5, 0.6) is 0 Å². The normalized spacial score (nSPS) is 22.4. The highest BCUT2D eigenvalue weighted by Crippen LogP contribution is 2.66. The van der Waals surface area contributed by atoms with E-state index in [1.165, 1.54) is 18.5 Å². The lowest BCUT2D eigenvalue weighted by atomic mass is 10.2. The van der Waals surface area contributed by atoms with E-state index in [4.69, 9.17) is 26.0 Å². The average Bonchev–Trinajstić information content (AvgIpc) is 3.13. The van der Waals surface area contributed by atoms with Crippen molar-refractivity contribution in [3.63, 3.8) is 0 Å². The summed E-state index contributed by atoms with van der Waals surface area (Å²) >= 11 is 0. The topological polar surface area (TPSA) is 311 Å². The van der Waals surface area contributed by atoms with E-state index in [1.807, 2.05) is 0 Å². The SMILES string of the molecule is Nc1ccn(CC#Cc2cn([C@H]3C[C@H](O)[C@@H](COP(=O)(O)OP(=O)(O)OP(=O)(O)O)O3)c(=O)nc2N)c(=O)n1. The smallest absolute Gasteiger partial charge is 0.390 e. The Morgan fingerprint density at radius 2 is 1.77 bits per heavy atom. The van der Waals surface area contributed by atoms with Crippen LogP contribution < -0.4 is 22.8 Å². The van der Waals surface area contributed by atoms with Crippen molar-refractivity contribution < 1.29 is 56.3 Å². The number of aromatic nitrogens is 4. The number of hydrogen-bond acceptors (Lipinski definition) is 14. The van der Waals surface area contributed by atoms with E-state index in [-0.39, 0.29) is 30.2 Å². The molecule has 0 radical (unpaired) electrons. The first-order valence-electron chi connectivity index (χ1n) is 10.3. The predicted molar refractivity (Wildman–Crippen MR) is 127 cm³/mol. The van der Waals surface area contributed by atoms with Gasteiger partial charge in [-0.25, -0.2) is 23.3 Å². The van der Waals surface area contributed by atoms with E-state index < -0.39 is 59.9 Å². The highest BCUT2D eigenvalue weighted by molar-refractivity contribution is 7.66. The van der Waals surface area contributed by atoms with Gasteiger partial charge in [-0.05, 0) is 6.07 Å². The maximum atomic E-state index is 12.4. The van der Waals surface area contributed by atoms with E-state index in [1.54, 1.807) is 0 Å². The Hall–Kier alpha value is -2.75. The summed E-state index contributed by atoms with van der Waals surface area (Å²) in [5, 5.41) is 10.2. The number of phosphoric ester groups is 1. The number of anilines is 2. The highest BCUT2D eigenvalue weighted by Gasteiger charge is 2.43. The fraction of sp³-hybridized carbons (Fsp3) is 0.375. The Labute approximate surface area is 217 Å². The van der Waals surface area contributed by atoms with Crippen molar-refractivity contribution in [1.29, 1.82) is 0 Å². The monoisotopic (exact) mass is 614 g/mol. The van der Waals surface area contributed by atoms with Crippen LogP contribution in [0.4, 0.5) is 11.6 Å². The van der Waals surface area contributed by atoms with Gasteiger partial charge >= 0.3 is 34.8 Å². The molecule has 1 aliphatic rings. The molecule has 3 rings (SSSR count). The van der Waals surface area contributed by atoms with Crippen molar-refractivity contribution in [1.82, 2.24) is 19.1 Å². The van der Waals surface area contributed by atoms with Gasteiger partial charge in [0.25, 0.3) is 0 Å². The molecule has 0 bridgehead atoms. The standard InChI is InChI=1S/C16H21N6O14P3/c17-12-3-5-21(15(24)19-12)4-1-2-9-7-22(16(25)20-14(9)18)13-6-10(23)11(34-13)8-33-38(29,30)36-39(31,32)35-37(26,27)28/h3,5,7,10-11,13,23H,4,6,8H2,(H,29,30)(H,31,32)(H2,17,19,24)(H2,18,20,25)(H2,26,27,28)/t10-,11+,13+/m0/s1. The fourth-order valence-electron chi connectivity index (χ4n) is 3.07. The second kappa shape index (κ2) is 11.8. The summed E-state index contributed by atoms with van der Waals surface area (Å²) in [6.07, 6.45) is -1.69. The van der Waals surface area contributed by atoms with Gasteiger partial charge in [0.1, 0.15) is 24.0 Å². The van der Waals surface area contributed by atoms with Crippen molar-refractivity contribution in [3.8, 4) is 11.8 Å². The number of ether oxygens (including phenoxy) is 1. The molecule has 1 fully saturated rings. The lowest BCUT2D eigenvalue weighted by molar-refractivity contribution is -0.0449. The van der Waals surface area contributed by atoms with E-state index in [0.29, 0.717) is 0 Å². The number of nitrogen functional groups attached to an aromatic ring is 2. The summed E-state index contributed by atoms with van der Waals surface area (Å²) in [5.74, 6) is 5.08. The third-order valence-corrected chi connectivity index (χ3v) is 8.48. The number of aliphatic hydroxyl groups is 1. The van der Waals surface area contributed by atoms with Gasteiger partial charge in [-0.2, -0.15) is 18.6 Å². The van der Waals surface area contributed by atoms with Crippen LogP contribution >= 0.6 is 23.5 Å². The molecule has 2 unspecified atom stereocenters. The van der Waals surface area contributed by atoms with Crippen molar-refractivity contribution >= 4 is 35.1 Å². The van der Waals surface area contributed by atoms with E-state index in [9.17, 15) is 38.2 Å². The second-order valence-corrected chi connectivity index (χ2v) is 12.0. The summed E-state index contributed by atoms with van der Waals surface area (Å²) < 4.78 is 53.2. The molecule has 3 heterocycles. The first-order chi connectivity index (χ1) is 17.9. The lowest BCUT2D eigenvalue weighted by Crippen LogP contribution is -2.29. The first-order valence-corrected chi connectivity index (χ1v) is 14.8. The first kappa shape index (κ1) is 30.8. The minimum Gasteiger partial charge on any atom is -0.390 e. The van der Waals surface area contributed by atoms with Crippen LogP contribution in [-0.4, -0.2) is 62.6 Å². The Bertz CT molecular complexity index is 1560. The van der Waals surface area contributed by atoms with Crippen LogP contribution in [0.2, 0.25) is 0 Å². The molecule has 0 amide bonds. The number of nitrogens with zero attached hydrogens (tertiary/aromatic N) is 4. The molecular formula is C16H21N6O14P3. The number of nitrogens with two attached hydrogens (primary N) is 2. The molecule has 1 aliphatic heterocycles. The molecule has 0 saturated carbocycles. The zero-order chi connectivity index (χ0) is 29.2. The molecule has 23 heteroatoms. The Kier molecular flexibility index (Phi) is 9.30. The van der Waals surface area contributed by atoms with Crippen LogP contribution in [0.3, 0.4) is 0 Å².